The number of aliphatic imine (C=N–C) groups is 1. The molecule has 2 aromatic rings. The van der Waals surface area contributed by atoms with Gasteiger partial charge in [-0.3, -0.25) is 9.67 Å². The predicted octanol–water partition coefficient (Wildman–Crippen LogP) is 3.19. The van der Waals surface area contributed by atoms with E-state index in [1.165, 1.54) is 23.3 Å². The van der Waals surface area contributed by atoms with Crippen LogP contribution in [0.1, 0.15) is 35.4 Å². The van der Waals surface area contributed by atoms with Crippen LogP contribution in [0.25, 0.3) is 0 Å². The molecule has 0 saturated heterocycles. The van der Waals surface area contributed by atoms with Gasteiger partial charge >= 0.3 is 0 Å². The lowest BCUT2D eigenvalue weighted by Gasteiger charge is -2.19. The zero-order valence-electron chi connectivity index (χ0n) is 15.8. The fourth-order valence-electron chi connectivity index (χ4n) is 3.24. The van der Waals surface area contributed by atoms with Gasteiger partial charge in [0.15, 0.2) is 5.96 Å². The van der Waals surface area contributed by atoms with Crippen molar-refractivity contribution in [1.29, 1.82) is 0 Å². The summed E-state index contributed by atoms with van der Waals surface area (Å²) < 4.78 is 15.0. The molecule has 1 aromatic heterocycles. The van der Waals surface area contributed by atoms with Crippen molar-refractivity contribution >= 4 is 29.9 Å². The number of benzene rings is 1. The topological polar surface area (TPSA) is 54.2 Å². The maximum absolute atomic E-state index is 13.1. The lowest BCUT2D eigenvalue weighted by atomic mass is 9.96. The fourth-order valence-corrected chi connectivity index (χ4v) is 3.24. The summed E-state index contributed by atoms with van der Waals surface area (Å²) in [7, 11) is 3.73. The van der Waals surface area contributed by atoms with Gasteiger partial charge in [-0.15, -0.1) is 24.0 Å². The molecule has 0 bridgehead atoms. The van der Waals surface area contributed by atoms with Crippen LogP contribution in [0, 0.1) is 19.7 Å². The number of nitrogens with zero attached hydrogens (tertiary/aromatic N) is 3. The average Bonchev–Trinajstić information content (AvgIpc) is 3.34. The first-order valence-electron chi connectivity index (χ1n) is 8.65. The Bertz CT molecular complexity index is 778. The Balaban J connectivity index is 0.00000243. The van der Waals surface area contributed by atoms with Gasteiger partial charge in [-0.2, -0.15) is 5.10 Å². The van der Waals surface area contributed by atoms with E-state index in [1.54, 1.807) is 7.05 Å². The van der Waals surface area contributed by atoms with E-state index in [0.29, 0.717) is 6.54 Å². The summed E-state index contributed by atoms with van der Waals surface area (Å²) >= 11 is 0. The minimum absolute atomic E-state index is 0. The average molecular weight is 471 g/mol. The standard InChI is InChI=1S/C19H26FN5.HI/c1-13-17(14(2)25(4)24-13)11-22-18(21-3)23-12-19(9-10-19)15-5-7-16(20)8-6-15;/h5-8H,9-12H2,1-4H3,(H2,21,22,23);1H. The first-order valence-corrected chi connectivity index (χ1v) is 8.65. The monoisotopic (exact) mass is 471 g/mol. The minimum Gasteiger partial charge on any atom is -0.356 e. The van der Waals surface area contributed by atoms with Crippen molar-refractivity contribution in [2.75, 3.05) is 13.6 Å². The van der Waals surface area contributed by atoms with Crippen LogP contribution < -0.4 is 10.6 Å². The summed E-state index contributed by atoms with van der Waals surface area (Å²) in [5.41, 5.74) is 4.69. The molecule has 26 heavy (non-hydrogen) atoms. The molecule has 142 valence electrons. The highest BCUT2D eigenvalue weighted by atomic mass is 127. The van der Waals surface area contributed by atoms with Gasteiger partial charge in [0.2, 0.25) is 0 Å². The molecule has 0 aliphatic heterocycles. The summed E-state index contributed by atoms with van der Waals surface area (Å²) in [5, 5.41) is 11.2. The van der Waals surface area contributed by atoms with Crippen LogP contribution in [0.2, 0.25) is 0 Å². The summed E-state index contributed by atoms with van der Waals surface area (Å²) in [6.07, 6.45) is 2.23. The van der Waals surface area contributed by atoms with E-state index in [9.17, 15) is 4.39 Å². The number of hydrogen-bond acceptors (Lipinski definition) is 2. The lowest BCUT2D eigenvalue weighted by Crippen LogP contribution is -2.41. The van der Waals surface area contributed by atoms with Gasteiger partial charge in [0, 0.05) is 43.9 Å². The summed E-state index contributed by atoms with van der Waals surface area (Å²) in [5.74, 6) is 0.586. The molecule has 0 spiro atoms. The van der Waals surface area contributed by atoms with Crippen molar-refractivity contribution in [2.24, 2.45) is 12.0 Å². The highest BCUT2D eigenvalue weighted by molar-refractivity contribution is 14.0. The number of rotatable bonds is 5. The second kappa shape index (κ2) is 8.37. The van der Waals surface area contributed by atoms with E-state index in [4.69, 9.17) is 0 Å². The smallest absolute Gasteiger partial charge is 0.191 e. The number of halogens is 2. The second-order valence-electron chi connectivity index (χ2n) is 6.84. The van der Waals surface area contributed by atoms with E-state index in [-0.39, 0.29) is 35.2 Å². The molecule has 0 amide bonds. The molecule has 1 aromatic carbocycles. The van der Waals surface area contributed by atoms with Crippen LogP contribution in [0.3, 0.4) is 0 Å². The van der Waals surface area contributed by atoms with Gasteiger partial charge in [-0.25, -0.2) is 4.39 Å². The van der Waals surface area contributed by atoms with Gasteiger partial charge in [0.1, 0.15) is 5.82 Å². The highest BCUT2D eigenvalue weighted by Crippen LogP contribution is 2.47. The molecule has 2 N–H and O–H groups in total. The Morgan fingerprint density at radius 1 is 1.23 bits per heavy atom. The Morgan fingerprint density at radius 2 is 1.88 bits per heavy atom. The summed E-state index contributed by atoms with van der Waals surface area (Å²) in [6, 6.07) is 6.86. The number of guanidine groups is 1. The van der Waals surface area contributed by atoms with Crippen molar-refractivity contribution in [3.63, 3.8) is 0 Å². The quantitative estimate of drug-likeness (QED) is 0.400. The third-order valence-corrected chi connectivity index (χ3v) is 5.22. The van der Waals surface area contributed by atoms with Crippen molar-refractivity contribution in [1.82, 2.24) is 20.4 Å². The van der Waals surface area contributed by atoms with Gasteiger partial charge in [-0.05, 0) is 44.4 Å². The molecule has 7 heteroatoms. The zero-order chi connectivity index (χ0) is 18.0. The van der Waals surface area contributed by atoms with Gasteiger partial charge in [0.25, 0.3) is 0 Å². The third-order valence-electron chi connectivity index (χ3n) is 5.22. The van der Waals surface area contributed by atoms with E-state index in [0.717, 1.165) is 36.7 Å². The van der Waals surface area contributed by atoms with E-state index >= 15 is 0 Å². The molecule has 5 nitrogen and oxygen atoms in total. The SMILES string of the molecule is CN=C(NCc1c(C)nn(C)c1C)NCC1(c2ccc(F)cc2)CC1.I. The van der Waals surface area contributed by atoms with Gasteiger partial charge < -0.3 is 10.6 Å². The molecule has 1 aliphatic carbocycles. The van der Waals surface area contributed by atoms with Gasteiger partial charge in [0.05, 0.1) is 5.69 Å². The normalized spacial score (nSPS) is 15.3. The molecular formula is C19H27FIN5. The first-order chi connectivity index (χ1) is 11.9. The maximum Gasteiger partial charge on any atom is 0.191 e. The van der Waals surface area contributed by atoms with E-state index in [2.05, 4.69) is 27.6 Å². The first kappa shape index (κ1) is 20.7. The maximum atomic E-state index is 13.1. The van der Waals surface area contributed by atoms with Crippen LogP contribution in [0.4, 0.5) is 4.39 Å². The molecule has 1 aliphatic rings. The van der Waals surface area contributed by atoms with Crippen molar-refractivity contribution in [2.45, 2.75) is 38.6 Å². The van der Waals surface area contributed by atoms with E-state index in [1.807, 2.05) is 30.8 Å². The van der Waals surface area contributed by atoms with Crippen molar-refractivity contribution in [3.05, 3.63) is 52.6 Å². The molecule has 1 heterocycles. The second-order valence-corrected chi connectivity index (χ2v) is 6.84. The third kappa shape index (κ3) is 4.36. The van der Waals surface area contributed by atoms with E-state index < -0.39 is 0 Å². The Hall–Kier alpha value is -1.64. The minimum atomic E-state index is -0.188. The molecule has 0 atom stereocenters. The highest BCUT2D eigenvalue weighted by Gasteiger charge is 2.44. The van der Waals surface area contributed by atoms with Crippen LogP contribution in [-0.4, -0.2) is 29.3 Å². The number of nitrogens with one attached hydrogen (secondary N) is 2. The Morgan fingerprint density at radius 3 is 2.38 bits per heavy atom. The largest absolute Gasteiger partial charge is 0.356 e. The fraction of sp³-hybridized carbons (Fsp3) is 0.474. The molecule has 1 fully saturated rings. The summed E-state index contributed by atoms with van der Waals surface area (Å²) in [6.45, 7) is 5.58. The van der Waals surface area contributed by atoms with Crippen LogP contribution >= 0.6 is 24.0 Å². The zero-order valence-corrected chi connectivity index (χ0v) is 18.1. The molecule has 3 rings (SSSR count). The number of hydrogen-bond donors (Lipinski definition) is 2. The molecule has 0 unspecified atom stereocenters. The van der Waals surface area contributed by atoms with Crippen LogP contribution in [0.15, 0.2) is 29.3 Å². The molecule has 1 saturated carbocycles. The van der Waals surface area contributed by atoms with Crippen LogP contribution in [-0.2, 0) is 19.0 Å². The Kier molecular flexibility index (Phi) is 6.65. The van der Waals surface area contributed by atoms with Crippen molar-refractivity contribution < 1.29 is 4.39 Å². The summed E-state index contributed by atoms with van der Waals surface area (Å²) in [4.78, 5) is 4.32. The molecular weight excluding hydrogens is 444 g/mol. The molecule has 0 radical (unpaired) electrons. The number of aromatic nitrogens is 2. The Labute approximate surface area is 171 Å². The van der Waals surface area contributed by atoms with Crippen LogP contribution in [0.5, 0.6) is 0 Å². The lowest BCUT2D eigenvalue weighted by molar-refractivity contribution is 0.617. The predicted molar refractivity (Wildman–Crippen MR) is 114 cm³/mol. The van der Waals surface area contributed by atoms with Crippen molar-refractivity contribution in [3.8, 4) is 0 Å². The van der Waals surface area contributed by atoms with Gasteiger partial charge in [-0.1, -0.05) is 12.1 Å². The number of aryl methyl sites for hydroxylation is 2.